The van der Waals surface area contributed by atoms with Crippen molar-refractivity contribution in [2.75, 3.05) is 12.8 Å². The van der Waals surface area contributed by atoms with Crippen molar-refractivity contribution in [1.82, 2.24) is 5.32 Å². The van der Waals surface area contributed by atoms with Crippen molar-refractivity contribution in [1.29, 1.82) is 0 Å². The van der Waals surface area contributed by atoms with Crippen LogP contribution in [0.3, 0.4) is 0 Å². The van der Waals surface area contributed by atoms with Crippen LogP contribution in [-0.4, -0.2) is 32.9 Å². The van der Waals surface area contributed by atoms with Gasteiger partial charge in [0.05, 0.1) is 4.90 Å². The Balaban J connectivity index is 2.99. The van der Waals surface area contributed by atoms with Crippen molar-refractivity contribution in [3.05, 3.63) is 29.8 Å². The van der Waals surface area contributed by atoms with E-state index in [1.165, 1.54) is 31.3 Å². The Morgan fingerprint density at radius 2 is 1.68 bits per heavy atom. The molecule has 0 spiro atoms. The predicted molar refractivity (Wildman–Crippen MR) is 71.7 cm³/mol. The van der Waals surface area contributed by atoms with E-state index in [4.69, 9.17) is 0 Å². The number of carbonyl (C=O) groups excluding carboxylic acids is 2. The van der Waals surface area contributed by atoms with Crippen molar-refractivity contribution in [2.45, 2.75) is 18.7 Å². The lowest BCUT2D eigenvalue weighted by atomic mass is 10.0. The fraction of sp³-hybridized carbons (Fsp3) is 0.385. The third-order valence-electron chi connectivity index (χ3n) is 2.62. The summed E-state index contributed by atoms with van der Waals surface area (Å²) in [5.74, 6) is -1.35. The number of rotatable bonds is 5. The number of hydrogen-bond donors (Lipinski definition) is 1. The predicted octanol–water partition coefficient (Wildman–Crippen LogP) is 1.04. The summed E-state index contributed by atoms with van der Waals surface area (Å²) in [5.41, 5.74) is 0.467. The fourth-order valence-electron chi connectivity index (χ4n) is 1.49. The quantitative estimate of drug-likeness (QED) is 0.819. The Hall–Kier alpha value is -1.69. The first-order chi connectivity index (χ1) is 8.77. The average molecular weight is 283 g/mol. The Morgan fingerprint density at radius 1 is 1.16 bits per heavy atom. The molecule has 1 aromatic carbocycles. The van der Waals surface area contributed by atoms with Gasteiger partial charge in [-0.15, -0.1) is 0 Å². The maximum absolute atomic E-state index is 11.9. The minimum atomic E-state index is -3.66. The Kier molecular flexibility index (Phi) is 4.83. The van der Waals surface area contributed by atoms with Crippen LogP contribution in [0.5, 0.6) is 0 Å². The van der Waals surface area contributed by atoms with Gasteiger partial charge in [-0.25, -0.2) is 8.42 Å². The number of ketones is 1. The second-order valence-corrected chi connectivity index (χ2v) is 6.47. The molecule has 0 aliphatic heterocycles. The molecule has 0 aliphatic rings. The molecule has 1 N–H and O–H groups in total. The molecular formula is C13H17NO4S. The van der Waals surface area contributed by atoms with E-state index in [1.54, 1.807) is 13.8 Å². The molecule has 104 valence electrons. The lowest BCUT2D eigenvalue weighted by Gasteiger charge is -2.06. The van der Waals surface area contributed by atoms with Crippen molar-refractivity contribution in [2.24, 2.45) is 5.92 Å². The maximum atomic E-state index is 11.9. The van der Waals surface area contributed by atoms with Crippen LogP contribution in [0.4, 0.5) is 0 Å². The number of sulfone groups is 1. The van der Waals surface area contributed by atoms with E-state index < -0.39 is 21.5 Å². The molecule has 0 radical (unpaired) electrons. The summed E-state index contributed by atoms with van der Waals surface area (Å²) < 4.78 is 23.7. The zero-order chi connectivity index (χ0) is 14.6. The molecule has 0 aliphatic carbocycles. The van der Waals surface area contributed by atoms with Crippen LogP contribution in [0, 0.1) is 5.92 Å². The highest BCUT2D eigenvalue weighted by Gasteiger charge is 2.19. The summed E-state index contributed by atoms with van der Waals surface area (Å²) in [6, 6.07) is 5.65. The molecule has 1 rings (SSSR count). The van der Waals surface area contributed by atoms with E-state index >= 15 is 0 Å². The molecule has 0 aromatic heterocycles. The fourth-order valence-corrected chi connectivity index (χ4v) is 2.69. The number of benzene rings is 1. The Morgan fingerprint density at radius 3 is 2.11 bits per heavy atom. The first kappa shape index (κ1) is 15.4. The lowest BCUT2D eigenvalue weighted by Crippen LogP contribution is -2.27. The minimum Gasteiger partial charge on any atom is -0.358 e. The standard InChI is InChI=1S/C13H17NO4S/c1-9(2)13(16)10-4-6-11(7-5-10)19(17,18)8-12(15)14-3/h4-7,9H,8H2,1-3H3,(H,14,15). The van der Waals surface area contributed by atoms with Crippen molar-refractivity contribution < 1.29 is 18.0 Å². The smallest absolute Gasteiger partial charge is 0.235 e. The van der Waals surface area contributed by atoms with Gasteiger partial charge in [-0.3, -0.25) is 9.59 Å². The van der Waals surface area contributed by atoms with Crippen molar-refractivity contribution in [3.8, 4) is 0 Å². The van der Waals surface area contributed by atoms with Crippen LogP contribution in [0.15, 0.2) is 29.2 Å². The van der Waals surface area contributed by atoms with Gasteiger partial charge in [0.25, 0.3) is 0 Å². The van der Waals surface area contributed by atoms with Crippen LogP contribution in [-0.2, 0) is 14.6 Å². The van der Waals surface area contributed by atoms with Crippen molar-refractivity contribution >= 4 is 21.5 Å². The second kappa shape index (κ2) is 5.97. The van der Waals surface area contributed by atoms with Gasteiger partial charge in [-0.05, 0) is 12.1 Å². The van der Waals surface area contributed by atoms with Crippen LogP contribution in [0.2, 0.25) is 0 Å². The molecule has 0 heterocycles. The molecule has 19 heavy (non-hydrogen) atoms. The van der Waals surface area contributed by atoms with Gasteiger partial charge in [-0.1, -0.05) is 26.0 Å². The lowest BCUT2D eigenvalue weighted by molar-refractivity contribution is -0.118. The summed E-state index contributed by atoms with van der Waals surface area (Å²) in [6.07, 6.45) is 0. The van der Waals surface area contributed by atoms with Gasteiger partial charge >= 0.3 is 0 Å². The number of Topliss-reactive ketones (excluding diaryl/α,β-unsaturated/α-hetero) is 1. The van der Waals surface area contributed by atoms with Crippen LogP contribution in [0.25, 0.3) is 0 Å². The molecule has 5 nitrogen and oxygen atoms in total. The molecule has 0 saturated heterocycles. The highest BCUT2D eigenvalue weighted by molar-refractivity contribution is 7.92. The molecule has 0 saturated carbocycles. The largest absolute Gasteiger partial charge is 0.358 e. The maximum Gasteiger partial charge on any atom is 0.235 e. The monoisotopic (exact) mass is 283 g/mol. The zero-order valence-corrected chi connectivity index (χ0v) is 12.0. The summed E-state index contributed by atoms with van der Waals surface area (Å²) in [4.78, 5) is 22.9. The molecule has 1 amide bonds. The molecule has 6 heteroatoms. The van der Waals surface area contributed by atoms with Crippen molar-refractivity contribution in [3.63, 3.8) is 0 Å². The van der Waals surface area contributed by atoms with E-state index in [0.717, 1.165) is 0 Å². The van der Waals surface area contributed by atoms with Gasteiger partial charge in [0, 0.05) is 18.5 Å². The average Bonchev–Trinajstić information content (AvgIpc) is 2.37. The SMILES string of the molecule is CNC(=O)CS(=O)(=O)c1ccc(C(=O)C(C)C)cc1. The number of nitrogens with one attached hydrogen (secondary N) is 1. The topological polar surface area (TPSA) is 80.3 Å². The number of amides is 1. The molecular weight excluding hydrogens is 266 g/mol. The van der Waals surface area contributed by atoms with E-state index in [9.17, 15) is 18.0 Å². The third kappa shape index (κ3) is 3.89. The zero-order valence-electron chi connectivity index (χ0n) is 11.1. The van der Waals surface area contributed by atoms with E-state index in [2.05, 4.69) is 5.32 Å². The van der Waals surface area contributed by atoms with Gasteiger partial charge in [0.15, 0.2) is 15.6 Å². The van der Waals surface area contributed by atoms with E-state index in [-0.39, 0.29) is 16.6 Å². The molecule has 0 atom stereocenters. The normalized spacial score (nSPS) is 11.4. The number of hydrogen-bond acceptors (Lipinski definition) is 4. The van der Waals surface area contributed by atoms with E-state index in [0.29, 0.717) is 5.56 Å². The summed E-state index contributed by atoms with van der Waals surface area (Å²) in [6.45, 7) is 3.55. The summed E-state index contributed by atoms with van der Waals surface area (Å²) >= 11 is 0. The molecule has 0 fully saturated rings. The minimum absolute atomic E-state index is 0.0383. The van der Waals surface area contributed by atoms with Crippen LogP contribution in [0.1, 0.15) is 24.2 Å². The van der Waals surface area contributed by atoms with Gasteiger partial charge in [0.1, 0.15) is 5.75 Å². The van der Waals surface area contributed by atoms with Gasteiger partial charge in [-0.2, -0.15) is 0 Å². The Bertz CT molecular complexity index is 573. The molecule has 0 unspecified atom stereocenters. The highest BCUT2D eigenvalue weighted by Crippen LogP contribution is 2.15. The highest BCUT2D eigenvalue weighted by atomic mass is 32.2. The first-order valence-corrected chi connectivity index (χ1v) is 7.50. The van der Waals surface area contributed by atoms with Crippen LogP contribution < -0.4 is 5.32 Å². The first-order valence-electron chi connectivity index (χ1n) is 5.85. The molecule has 1 aromatic rings. The van der Waals surface area contributed by atoms with E-state index in [1.807, 2.05) is 0 Å². The second-order valence-electron chi connectivity index (χ2n) is 4.48. The Labute approximate surface area is 112 Å². The molecule has 0 bridgehead atoms. The number of carbonyl (C=O) groups is 2. The summed E-state index contributed by atoms with van der Waals surface area (Å²) in [5, 5.41) is 2.26. The van der Waals surface area contributed by atoms with Gasteiger partial charge < -0.3 is 5.32 Å². The third-order valence-corrected chi connectivity index (χ3v) is 4.25. The summed E-state index contributed by atoms with van der Waals surface area (Å²) in [7, 11) is -2.28. The van der Waals surface area contributed by atoms with Crippen LogP contribution >= 0.6 is 0 Å². The van der Waals surface area contributed by atoms with Gasteiger partial charge in [0.2, 0.25) is 5.91 Å².